The molecule has 3 rings (SSSR count). The third-order valence-electron chi connectivity index (χ3n) is 3.85. The van der Waals surface area contributed by atoms with Gasteiger partial charge in [0.1, 0.15) is 24.6 Å². The average Bonchev–Trinajstić information content (AvgIpc) is 3.09. The Morgan fingerprint density at radius 1 is 1.43 bits per heavy atom. The van der Waals surface area contributed by atoms with Crippen LogP contribution in [0.4, 0.5) is 19.0 Å². The number of carbonyl (C=O) groups excluding carboxylic acids is 1. The largest absolute Gasteiger partial charge is 0.405 e. The normalized spacial score (nSPS) is 12.4. The number of nitrogens with one attached hydrogen (secondary N) is 4. The lowest BCUT2D eigenvalue weighted by molar-refractivity contribution is -0.380. The highest BCUT2D eigenvalue weighted by atomic mass is 19.4. The molecule has 144 valence electrons. The van der Waals surface area contributed by atoms with Crippen LogP contribution in [0, 0.1) is 11.3 Å². The number of hydrogen-bond acceptors (Lipinski definition) is 5. The van der Waals surface area contributed by atoms with Crippen LogP contribution in [-0.4, -0.2) is 39.6 Å². The molecule has 0 aliphatic heterocycles. The van der Waals surface area contributed by atoms with E-state index in [-0.39, 0.29) is 11.4 Å². The van der Waals surface area contributed by atoms with Crippen molar-refractivity contribution in [3.63, 3.8) is 0 Å². The van der Waals surface area contributed by atoms with Crippen LogP contribution in [0.3, 0.4) is 0 Å². The van der Waals surface area contributed by atoms with Crippen molar-refractivity contribution >= 4 is 22.8 Å². The monoisotopic (exact) mass is 390 g/mol. The molecule has 0 radical (unpaired) electrons. The molecule has 28 heavy (non-hydrogen) atoms. The SMILES string of the molecule is C[C@H](Nc1cc(C#N)cc(-c2c[nH]c3nc[nH+]cc23)n1)C(=O)NCC(F)(F)F. The summed E-state index contributed by atoms with van der Waals surface area (Å²) in [4.78, 5) is 26.2. The topological polar surface area (TPSA) is 121 Å². The molecule has 1 atom stereocenters. The van der Waals surface area contributed by atoms with Gasteiger partial charge in [0.05, 0.1) is 22.7 Å². The molecule has 3 heterocycles. The second-order valence-electron chi connectivity index (χ2n) is 5.97. The van der Waals surface area contributed by atoms with Crippen LogP contribution in [0.2, 0.25) is 0 Å². The van der Waals surface area contributed by atoms with Crippen LogP contribution < -0.4 is 15.6 Å². The van der Waals surface area contributed by atoms with E-state index in [2.05, 4.69) is 25.3 Å². The first-order valence-electron chi connectivity index (χ1n) is 8.13. The zero-order chi connectivity index (χ0) is 20.3. The molecule has 0 aliphatic rings. The summed E-state index contributed by atoms with van der Waals surface area (Å²) in [5.74, 6) is -0.653. The van der Waals surface area contributed by atoms with Gasteiger partial charge in [-0.05, 0) is 24.0 Å². The number of pyridine rings is 1. The number of halogens is 3. The number of aromatic nitrogens is 4. The van der Waals surface area contributed by atoms with Crippen LogP contribution in [0.25, 0.3) is 22.3 Å². The predicted octanol–water partition coefficient (Wildman–Crippen LogP) is 1.79. The summed E-state index contributed by atoms with van der Waals surface area (Å²) in [6.45, 7) is -0.0235. The van der Waals surface area contributed by atoms with Gasteiger partial charge in [0.15, 0.2) is 0 Å². The number of rotatable bonds is 5. The Kier molecular flexibility index (Phi) is 5.12. The number of hydrogen-bond donors (Lipinski definition) is 3. The van der Waals surface area contributed by atoms with Crippen molar-refractivity contribution in [2.24, 2.45) is 0 Å². The molecule has 0 aliphatic carbocycles. The molecule has 0 unspecified atom stereocenters. The lowest BCUT2D eigenvalue weighted by Crippen LogP contribution is -2.42. The number of nitriles is 1. The number of anilines is 1. The maximum absolute atomic E-state index is 12.2. The van der Waals surface area contributed by atoms with Gasteiger partial charge in [0.25, 0.3) is 12.0 Å². The van der Waals surface area contributed by atoms with Crippen LogP contribution in [-0.2, 0) is 4.79 Å². The van der Waals surface area contributed by atoms with Crippen LogP contribution in [0.15, 0.2) is 30.9 Å². The lowest BCUT2D eigenvalue weighted by Gasteiger charge is -2.16. The maximum atomic E-state index is 12.2. The fourth-order valence-corrected chi connectivity index (χ4v) is 2.55. The molecule has 0 bridgehead atoms. The fraction of sp³-hybridized carbons (Fsp3) is 0.235. The Morgan fingerprint density at radius 3 is 2.93 bits per heavy atom. The van der Waals surface area contributed by atoms with Gasteiger partial charge in [-0.3, -0.25) is 4.79 Å². The predicted molar refractivity (Wildman–Crippen MR) is 92.7 cm³/mol. The number of alkyl halides is 3. The van der Waals surface area contributed by atoms with E-state index in [4.69, 9.17) is 0 Å². The summed E-state index contributed by atoms with van der Waals surface area (Å²) < 4.78 is 36.7. The summed E-state index contributed by atoms with van der Waals surface area (Å²) in [7, 11) is 0. The Labute approximate surface area is 156 Å². The molecule has 0 aromatic carbocycles. The van der Waals surface area contributed by atoms with Crippen LogP contribution >= 0.6 is 0 Å². The van der Waals surface area contributed by atoms with Gasteiger partial charge in [-0.2, -0.15) is 18.4 Å². The van der Waals surface area contributed by atoms with E-state index in [0.29, 0.717) is 16.9 Å². The third-order valence-corrected chi connectivity index (χ3v) is 3.85. The van der Waals surface area contributed by atoms with Gasteiger partial charge in [-0.25, -0.2) is 9.97 Å². The minimum atomic E-state index is -4.50. The average molecular weight is 390 g/mol. The second-order valence-corrected chi connectivity index (χ2v) is 5.97. The molecule has 3 aromatic heterocycles. The molecule has 4 N–H and O–H groups in total. The molecule has 0 fully saturated rings. The Morgan fingerprint density at radius 2 is 2.21 bits per heavy atom. The van der Waals surface area contributed by atoms with Gasteiger partial charge in [-0.15, -0.1) is 0 Å². The van der Waals surface area contributed by atoms with E-state index in [1.807, 2.05) is 6.07 Å². The minimum Gasteiger partial charge on any atom is -0.359 e. The highest BCUT2D eigenvalue weighted by molar-refractivity contribution is 5.92. The van der Waals surface area contributed by atoms with Gasteiger partial charge in [0, 0.05) is 11.8 Å². The lowest BCUT2D eigenvalue weighted by atomic mass is 10.1. The third kappa shape index (κ3) is 4.35. The zero-order valence-electron chi connectivity index (χ0n) is 14.6. The quantitative estimate of drug-likeness (QED) is 0.613. The molecule has 11 heteroatoms. The van der Waals surface area contributed by atoms with Crippen molar-refractivity contribution in [3.8, 4) is 17.3 Å². The van der Waals surface area contributed by atoms with Crippen molar-refractivity contribution in [1.82, 2.24) is 20.3 Å². The summed E-state index contributed by atoms with van der Waals surface area (Å²) in [5, 5.41) is 14.5. The molecule has 0 spiro atoms. The molecule has 8 nitrogen and oxygen atoms in total. The maximum Gasteiger partial charge on any atom is 0.405 e. The Balaban J connectivity index is 1.86. The Hall–Kier alpha value is -3.68. The van der Waals surface area contributed by atoms with Gasteiger partial charge in [-0.1, -0.05) is 0 Å². The molecular formula is C17H15F3N7O+. The van der Waals surface area contributed by atoms with Gasteiger partial charge >= 0.3 is 6.18 Å². The smallest absolute Gasteiger partial charge is 0.359 e. The number of aromatic amines is 2. The number of carbonyl (C=O) groups is 1. The number of H-pyrrole nitrogens is 2. The van der Waals surface area contributed by atoms with Crippen molar-refractivity contribution in [2.45, 2.75) is 19.1 Å². The number of nitrogens with zero attached hydrogens (tertiary/aromatic N) is 3. The summed E-state index contributed by atoms with van der Waals surface area (Å²) in [5.41, 5.74) is 2.01. The summed E-state index contributed by atoms with van der Waals surface area (Å²) in [6.07, 6.45) is 0.408. The number of amides is 1. The second kappa shape index (κ2) is 7.51. The van der Waals surface area contributed by atoms with E-state index in [9.17, 15) is 23.2 Å². The number of fused-ring (bicyclic) bond motifs is 1. The fourth-order valence-electron chi connectivity index (χ4n) is 2.55. The van der Waals surface area contributed by atoms with Gasteiger partial charge < -0.3 is 15.6 Å². The van der Waals surface area contributed by atoms with Crippen molar-refractivity contribution in [2.75, 3.05) is 11.9 Å². The van der Waals surface area contributed by atoms with Gasteiger partial charge in [0.2, 0.25) is 5.91 Å². The highest BCUT2D eigenvalue weighted by Gasteiger charge is 2.28. The van der Waals surface area contributed by atoms with Crippen molar-refractivity contribution in [3.05, 3.63) is 36.4 Å². The molecular weight excluding hydrogens is 375 g/mol. The molecule has 0 saturated heterocycles. The van der Waals surface area contributed by atoms with Crippen molar-refractivity contribution < 1.29 is 22.9 Å². The standard InChI is InChI=1S/C17H14F3N7O/c1-9(16(28)24-7-17(18,19)20)26-14-3-10(4-21)2-13(27-14)11-6-23-15-12(11)5-22-8-25-15/h2-3,5-6,8-9H,7H2,1H3,(H,24,28)(H,26,27)(H,22,23,25)/p+1/t9-/m0/s1. The first-order valence-corrected chi connectivity index (χ1v) is 8.13. The first kappa shape index (κ1) is 19.1. The highest BCUT2D eigenvalue weighted by Crippen LogP contribution is 2.27. The zero-order valence-corrected chi connectivity index (χ0v) is 14.6. The van der Waals surface area contributed by atoms with E-state index in [1.165, 1.54) is 19.3 Å². The summed E-state index contributed by atoms with van der Waals surface area (Å²) in [6, 6.07) is 3.99. The van der Waals surface area contributed by atoms with Crippen molar-refractivity contribution in [1.29, 1.82) is 5.26 Å². The van der Waals surface area contributed by atoms with Crippen LogP contribution in [0.1, 0.15) is 12.5 Å². The van der Waals surface area contributed by atoms with E-state index in [0.717, 1.165) is 5.39 Å². The van der Waals surface area contributed by atoms with E-state index >= 15 is 0 Å². The van der Waals surface area contributed by atoms with E-state index in [1.54, 1.807) is 23.8 Å². The first-order chi connectivity index (χ1) is 13.3. The minimum absolute atomic E-state index is 0.186. The van der Waals surface area contributed by atoms with E-state index < -0.39 is 24.7 Å². The molecule has 3 aromatic rings. The Bertz CT molecular complexity index is 1050. The summed E-state index contributed by atoms with van der Waals surface area (Å²) >= 11 is 0. The van der Waals surface area contributed by atoms with Crippen LogP contribution in [0.5, 0.6) is 0 Å². The molecule has 1 amide bonds. The molecule has 0 saturated carbocycles.